The number of aryl methyl sites for hydroxylation is 1. The lowest BCUT2D eigenvalue weighted by molar-refractivity contribution is -0.130. The predicted molar refractivity (Wildman–Crippen MR) is 68.7 cm³/mol. The topological polar surface area (TPSA) is 32.3 Å². The van der Waals surface area contributed by atoms with E-state index in [0.717, 1.165) is 6.54 Å². The summed E-state index contributed by atoms with van der Waals surface area (Å²) in [6.45, 7) is 7.30. The highest BCUT2D eigenvalue weighted by Gasteiger charge is 2.10. The van der Waals surface area contributed by atoms with Crippen molar-refractivity contribution in [3.8, 4) is 0 Å². The first-order valence-corrected chi connectivity index (χ1v) is 6.34. The highest BCUT2D eigenvalue weighted by atomic mass is 32.1. The predicted octanol–water partition coefficient (Wildman–Crippen LogP) is 2.01. The maximum atomic E-state index is 11.6. The van der Waals surface area contributed by atoms with Gasteiger partial charge in [-0.3, -0.25) is 4.79 Å². The van der Waals surface area contributed by atoms with Gasteiger partial charge in [0.05, 0.1) is 6.54 Å². The molecule has 1 aromatic heterocycles. The average molecular weight is 240 g/mol. The minimum atomic E-state index is 0.142. The molecule has 1 amide bonds. The lowest BCUT2D eigenvalue weighted by Crippen LogP contribution is -2.39. The SMILES string of the molecule is Cc1ccc(CNCC(=O)N(C)C(C)C)s1. The third-order valence-corrected chi connectivity index (χ3v) is 3.54. The van der Waals surface area contributed by atoms with E-state index in [-0.39, 0.29) is 11.9 Å². The Kier molecular flexibility index (Phi) is 4.96. The van der Waals surface area contributed by atoms with E-state index in [4.69, 9.17) is 0 Å². The molecule has 0 saturated carbocycles. The Hall–Kier alpha value is -0.870. The Balaban J connectivity index is 2.28. The Morgan fingerprint density at radius 1 is 1.50 bits per heavy atom. The summed E-state index contributed by atoms with van der Waals surface area (Å²) < 4.78 is 0. The zero-order chi connectivity index (χ0) is 12.1. The Morgan fingerprint density at radius 3 is 2.69 bits per heavy atom. The van der Waals surface area contributed by atoms with Gasteiger partial charge in [-0.25, -0.2) is 0 Å². The van der Waals surface area contributed by atoms with Gasteiger partial charge in [0, 0.05) is 29.4 Å². The normalized spacial score (nSPS) is 10.8. The minimum absolute atomic E-state index is 0.142. The van der Waals surface area contributed by atoms with E-state index in [0.29, 0.717) is 6.54 Å². The van der Waals surface area contributed by atoms with Gasteiger partial charge in [0.1, 0.15) is 0 Å². The van der Waals surface area contributed by atoms with Crippen LogP contribution in [-0.2, 0) is 11.3 Å². The van der Waals surface area contributed by atoms with Crippen LogP contribution < -0.4 is 5.32 Å². The molecule has 16 heavy (non-hydrogen) atoms. The summed E-state index contributed by atoms with van der Waals surface area (Å²) in [5.74, 6) is 0.142. The van der Waals surface area contributed by atoms with Crippen LogP contribution in [0.1, 0.15) is 23.6 Å². The molecule has 0 aromatic carbocycles. The molecule has 1 N–H and O–H groups in total. The summed E-state index contributed by atoms with van der Waals surface area (Å²) in [5, 5.41) is 3.17. The third-order valence-electron chi connectivity index (χ3n) is 2.54. The van der Waals surface area contributed by atoms with E-state index in [1.807, 2.05) is 20.9 Å². The van der Waals surface area contributed by atoms with Crippen molar-refractivity contribution in [2.75, 3.05) is 13.6 Å². The van der Waals surface area contributed by atoms with Crippen molar-refractivity contribution in [3.05, 3.63) is 21.9 Å². The lowest BCUT2D eigenvalue weighted by atomic mass is 10.3. The van der Waals surface area contributed by atoms with Gasteiger partial charge in [-0.05, 0) is 32.9 Å². The molecule has 0 radical (unpaired) electrons. The number of nitrogens with zero attached hydrogens (tertiary/aromatic N) is 1. The molecule has 0 aliphatic carbocycles. The largest absolute Gasteiger partial charge is 0.342 e. The van der Waals surface area contributed by atoms with Crippen LogP contribution in [0.4, 0.5) is 0 Å². The molecule has 1 heterocycles. The summed E-state index contributed by atoms with van der Waals surface area (Å²) >= 11 is 1.77. The van der Waals surface area contributed by atoms with Crippen LogP contribution >= 0.6 is 11.3 Å². The van der Waals surface area contributed by atoms with E-state index >= 15 is 0 Å². The van der Waals surface area contributed by atoms with Crippen LogP contribution in [0.5, 0.6) is 0 Å². The first kappa shape index (κ1) is 13.2. The summed E-state index contributed by atoms with van der Waals surface area (Å²) in [6, 6.07) is 4.46. The van der Waals surface area contributed by atoms with Crippen molar-refractivity contribution in [2.45, 2.75) is 33.4 Å². The number of nitrogens with one attached hydrogen (secondary N) is 1. The zero-order valence-corrected chi connectivity index (χ0v) is 11.2. The van der Waals surface area contributed by atoms with E-state index in [9.17, 15) is 4.79 Å². The molecule has 0 atom stereocenters. The second-order valence-corrected chi connectivity index (χ2v) is 5.59. The highest BCUT2D eigenvalue weighted by Crippen LogP contribution is 2.14. The molecule has 0 fully saturated rings. The maximum Gasteiger partial charge on any atom is 0.236 e. The van der Waals surface area contributed by atoms with Gasteiger partial charge in [0.15, 0.2) is 0 Å². The Bertz CT molecular complexity index is 347. The summed E-state index contributed by atoms with van der Waals surface area (Å²) in [7, 11) is 1.84. The van der Waals surface area contributed by atoms with Crippen molar-refractivity contribution in [1.29, 1.82) is 0 Å². The van der Waals surface area contributed by atoms with Gasteiger partial charge in [0.2, 0.25) is 5.91 Å². The number of hydrogen-bond donors (Lipinski definition) is 1. The van der Waals surface area contributed by atoms with Gasteiger partial charge in [0.25, 0.3) is 0 Å². The first-order chi connectivity index (χ1) is 7.50. The van der Waals surface area contributed by atoms with Gasteiger partial charge in [-0.15, -0.1) is 11.3 Å². The number of likely N-dealkylation sites (N-methyl/N-ethyl adjacent to an activating group) is 1. The van der Waals surface area contributed by atoms with E-state index < -0.39 is 0 Å². The van der Waals surface area contributed by atoms with Gasteiger partial charge in [-0.2, -0.15) is 0 Å². The number of rotatable bonds is 5. The number of thiophene rings is 1. The van der Waals surface area contributed by atoms with Crippen LogP contribution in [0.3, 0.4) is 0 Å². The van der Waals surface area contributed by atoms with Crippen LogP contribution in [0.15, 0.2) is 12.1 Å². The Labute approximate surface area is 101 Å². The quantitative estimate of drug-likeness (QED) is 0.854. The molecular weight excluding hydrogens is 220 g/mol. The fourth-order valence-electron chi connectivity index (χ4n) is 1.29. The summed E-state index contributed by atoms with van der Waals surface area (Å²) in [5.41, 5.74) is 0. The first-order valence-electron chi connectivity index (χ1n) is 5.52. The minimum Gasteiger partial charge on any atom is -0.342 e. The molecule has 1 aromatic rings. The third kappa shape index (κ3) is 3.94. The molecular formula is C12H20N2OS. The number of amides is 1. The fourth-order valence-corrected chi connectivity index (χ4v) is 2.15. The molecule has 4 heteroatoms. The highest BCUT2D eigenvalue weighted by molar-refractivity contribution is 7.11. The monoisotopic (exact) mass is 240 g/mol. The zero-order valence-electron chi connectivity index (χ0n) is 10.4. The van der Waals surface area contributed by atoms with Crippen molar-refractivity contribution in [3.63, 3.8) is 0 Å². The van der Waals surface area contributed by atoms with Gasteiger partial charge < -0.3 is 10.2 Å². The fraction of sp³-hybridized carbons (Fsp3) is 0.583. The van der Waals surface area contributed by atoms with Crippen molar-refractivity contribution < 1.29 is 4.79 Å². The van der Waals surface area contributed by atoms with Crippen LogP contribution in [-0.4, -0.2) is 30.4 Å². The molecule has 1 rings (SSSR count). The average Bonchev–Trinajstić information content (AvgIpc) is 2.62. The summed E-state index contributed by atoms with van der Waals surface area (Å²) in [4.78, 5) is 16.0. The van der Waals surface area contributed by atoms with E-state index in [2.05, 4.69) is 24.4 Å². The molecule has 0 aliphatic rings. The van der Waals surface area contributed by atoms with Crippen molar-refractivity contribution >= 4 is 17.2 Å². The second-order valence-electron chi connectivity index (χ2n) is 4.21. The van der Waals surface area contributed by atoms with Crippen LogP contribution in [0, 0.1) is 6.92 Å². The number of carbonyl (C=O) groups excluding carboxylic acids is 1. The lowest BCUT2D eigenvalue weighted by Gasteiger charge is -2.21. The smallest absolute Gasteiger partial charge is 0.236 e. The van der Waals surface area contributed by atoms with E-state index in [1.54, 1.807) is 16.2 Å². The maximum absolute atomic E-state index is 11.6. The van der Waals surface area contributed by atoms with Crippen LogP contribution in [0.25, 0.3) is 0 Å². The Morgan fingerprint density at radius 2 is 2.19 bits per heavy atom. The van der Waals surface area contributed by atoms with Gasteiger partial charge in [-0.1, -0.05) is 0 Å². The van der Waals surface area contributed by atoms with Gasteiger partial charge >= 0.3 is 0 Å². The summed E-state index contributed by atoms with van der Waals surface area (Å²) in [6.07, 6.45) is 0. The molecule has 0 aliphatic heterocycles. The van der Waals surface area contributed by atoms with Crippen LogP contribution in [0.2, 0.25) is 0 Å². The molecule has 90 valence electrons. The van der Waals surface area contributed by atoms with Crippen molar-refractivity contribution in [2.24, 2.45) is 0 Å². The van der Waals surface area contributed by atoms with Crippen molar-refractivity contribution in [1.82, 2.24) is 10.2 Å². The molecule has 0 spiro atoms. The molecule has 3 nitrogen and oxygen atoms in total. The number of hydrogen-bond acceptors (Lipinski definition) is 3. The molecule has 0 saturated heterocycles. The molecule has 0 bridgehead atoms. The van der Waals surface area contributed by atoms with E-state index in [1.165, 1.54) is 9.75 Å². The standard InChI is InChI=1S/C12H20N2OS/c1-9(2)14(4)12(15)8-13-7-11-6-5-10(3)16-11/h5-6,9,13H,7-8H2,1-4H3. The second kappa shape index (κ2) is 6.01. The molecule has 0 unspecified atom stereocenters. The number of carbonyl (C=O) groups is 1.